The standard InChI is InChI=1S/C23H26N6OS/c1-14(6-19(30)16-8-18-17(11-24-16)28-13-29(18)5)20-12-25-21(31-20)7-15-9-26-22(27-10-15)23(2,3)4/h8-14H,6-7H2,1-5H3. The Morgan fingerprint density at radius 1 is 1.06 bits per heavy atom. The molecule has 1 atom stereocenters. The molecule has 0 saturated carbocycles. The largest absolute Gasteiger partial charge is 0.334 e. The lowest BCUT2D eigenvalue weighted by molar-refractivity contribution is 0.0971. The molecule has 0 fully saturated rings. The van der Waals surface area contributed by atoms with Gasteiger partial charge in [0, 0.05) is 48.8 Å². The third-order valence-corrected chi connectivity index (χ3v) is 6.41. The third kappa shape index (κ3) is 4.69. The Labute approximate surface area is 185 Å². The maximum absolute atomic E-state index is 12.8. The molecule has 7 nitrogen and oxygen atoms in total. The second-order valence-electron chi connectivity index (χ2n) is 8.94. The van der Waals surface area contributed by atoms with Crippen molar-refractivity contribution in [1.29, 1.82) is 0 Å². The van der Waals surface area contributed by atoms with Crippen molar-refractivity contribution in [2.45, 2.75) is 51.9 Å². The van der Waals surface area contributed by atoms with Gasteiger partial charge in [-0.2, -0.15) is 0 Å². The molecule has 0 N–H and O–H groups in total. The summed E-state index contributed by atoms with van der Waals surface area (Å²) in [7, 11) is 1.91. The number of thiazole rings is 1. The topological polar surface area (TPSA) is 86.5 Å². The molecule has 8 heteroatoms. The highest BCUT2D eigenvalue weighted by Gasteiger charge is 2.19. The normalized spacial score (nSPS) is 12.9. The number of hydrogen-bond acceptors (Lipinski definition) is 7. The third-order valence-electron chi connectivity index (χ3n) is 5.18. The minimum Gasteiger partial charge on any atom is -0.334 e. The number of carbonyl (C=O) groups is 1. The van der Waals surface area contributed by atoms with Crippen LogP contribution in [0, 0.1) is 0 Å². The highest BCUT2D eigenvalue weighted by molar-refractivity contribution is 7.11. The summed E-state index contributed by atoms with van der Waals surface area (Å²) in [6.07, 6.45) is 10.1. The summed E-state index contributed by atoms with van der Waals surface area (Å²) in [5.41, 5.74) is 3.14. The molecule has 31 heavy (non-hydrogen) atoms. The summed E-state index contributed by atoms with van der Waals surface area (Å²) < 4.78 is 1.89. The van der Waals surface area contributed by atoms with E-state index in [-0.39, 0.29) is 17.1 Å². The maximum Gasteiger partial charge on any atom is 0.181 e. The number of aryl methyl sites for hydroxylation is 1. The lowest BCUT2D eigenvalue weighted by Gasteiger charge is -2.15. The molecule has 0 spiro atoms. The van der Waals surface area contributed by atoms with E-state index in [2.05, 4.69) is 52.6 Å². The Morgan fingerprint density at radius 3 is 2.52 bits per heavy atom. The predicted octanol–water partition coefficient (Wildman–Crippen LogP) is 4.48. The smallest absolute Gasteiger partial charge is 0.181 e. The Balaban J connectivity index is 1.42. The molecule has 4 aromatic heterocycles. The van der Waals surface area contributed by atoms with Crippen LogP contribution >= 0.6 is 11.3 Å². The molecular weight excluding hydrogens is 408 g/mol. The number of pyridine rings is 1. The van der Waals surface area contributed by atoms with E-state index < -0.39 is 0 Å². The summed E-state index contributed by atoms with van der Waals surface area (Å²) in [6.45, 7) is 8.35. The molecule has 0 aliphatic carbocycles. The zero-order chi connectivity index (χ0) is 22.2. The number of nitrogens with zero attached hydrogens (tertiary/aromatic N) is 6. The molecule has 4 rings (SSSR count). The van der Waals surface area contributed by atoms with E-state index in [9.17, 15) is 4.79 Å². The SMILES string of the molecule is CC(CC(=O)c1cc2c(cn1)ncn2C)c1cnc(Cc2cnc(C(C)(C)C)nc2)s1. The number of fused-ring (bicyclic) bond motifs is 1. The van der Waals surface area contributed by atoms with E-state index in [0.717, 1.165) is 32.3 Å². The zero-order valence-corrected chi connectivity index (χ0v) is 19.3. The number of Topliss-reactive ketones (excluding diaryl/α,β-unsaturated/α-hetero) is 1. The van der Waals surface area contributed by atoms with Gasteiger partial charge in [0.25, 0.3) is 0 Å². The first-order chi connectivity index (χ1) is 14.7. The molecule has 0 saturated heterocycles. The average molecular weight is 435 g/mol. The van der Waals surface area contributed by atoms with E-state index in [0.29, 0.717) is 18.5 Å². The van der Waals surface area contributed by atoms with Crippen LogP contribution in [0.1, 0.15) is 71.8 Å². The number of ketones is 1. The van der Waals surface area contributed by atoms with E-state index in [1.807, 2.05) is 36.3 Å². The van der Waals surface area contributed by atoms with Crippen LogP contribution < -0.4 is 0 Å². The average Bonchev–Trinajstić information content (AvgIpc) is 3.34. The molecular formula is C23H26N6OS. The first-order valence-corrected chi connectivity index (χ1v) is 11.1. The zero-order valence-electron chi connectivity index (χ0n) is 18.5. The van der Waals surface area contributed by atoms with E-state index in [4.69, 9.17) is 0 Å². The number of aromatic nitrogens is 6. The Bertz CT molecular complexity index is 1220. The molecule has 4 heterocycles. The van der Waals surface area contributed by atoms with Crippen molar-refractivity contribution in [2.24, 2.45) is 7.05 Å². The number of imidazole rings is 1. The lowest BCUT2D eigenvalue weighted by Crippen LogP contribution is -2.15. The fourth-order valence-corrected chi connectivity index (χ4v) is 4.31. The lowest BCUT2D eigenvalue weighted by atomic mass is 9.96. The van der Waals surface area contributed by atoms with Crippen LogP contribution in [0.4, 0.5) is 0 Å². The first-order valence-electron chi connectivity index (χ1n) is 10.3. The van der Waals surface area contributed by atoms with E-state index in [1.54, 1.807) is 23.9 Å². The van der Waals surface area contributed by atoms with Crippen molar-refractivity contribution in [3.63, 3.8) is 0 Å². The van der Waals surface area contributed by atoms with Gasteiger partial charge < -0.3 is 4.57 Å². The van der Waals surface area contributed by atoms with Crippen molar-refractivity contribution >= 4 is 28.2 Å². The molecule has 0 aliphatic rings. The highest BCUT2D eigenvalue weighted by atomic mass is 32.1. The van der Waals surface area contributed by atoms with Crippen LogP contribution in [0.25, 0.3) is 11.0 Å². The maximum atomic E-state index is 12.8. The van der Waals surface area contributed by atoms with Gasteiger partial charge in [-0.05, 0) is 17.5 Å². The summed E-state index contributed by atoms with van der Waals surface area (Å²) in [5.74, 6) is 0.931. The van der Waals surface area contributed by atoms with E-state index >= 15 is 0 Å². The highest BCUT2D eigenvalue weighted by Crippen LogP contribution is 2.28. The summed E-state index contributed by atoms with van der Waals surface area (Å²) in [5, 5.41) is 0.996. The molecule has 0 bridgehead atoms. The molecule has 1 unspecified atom stereocenters. The Kier molecular flexibility index (Phi) is 5.66. The second kappa shape index (κ2) is 8.26. The van der Waals surface area contributed by atoms with Crippen LogP contribution in [0.2, 0.25) is 0 Å². The van der Waals surface area contributed by atoms with Gasteiger partial charge in [-0.1, -0.05) is 27.7 Å². The predicted molar refractivity (Wildman–Crippen MR) is 122 cm³/mol. The molecule has 0 radical (unpaired) electrons. The van der Waals surface area contributed by atoms with Gasteiger partial charge >= 0.3 is 0 Å². The van der Waals surface area contributed by atoms with Gasteiger partial charge in [0.1, 0.15) is 17.0 Å². The van der Waals surface area contributed by atoms with Crippen LogP contribution in [0.3, 0.4) is 0 Å². The minimum atomic E-state index is -0.0645. The van der Waals surface area contributed by atoms with Gasteiger partial charge in [-0.25, -0.2) is 19.9 Å². The number of rotatable bonds is 6. The van der Waals surface area contributed by atoms with Crippen molar-refractivity contribution < 1.29 is 4.79 Å². The Morgan fingerprint density at radius 2 is 1.81 bits per heavy atom. The van der Waals surface area contributed by atoms with Crippen LogP contribution in [-0.4, -0.2) is 35.3 Å². The van der Waals surface area contributed by atoms with Crippen LogP contribution in [0.15, 0.2) is 37.2 Å². The quantitative estimate of drug-likeness (QED) is 0.416. The van der Waals surface area contributed by atoms with Gasteiger partial charge in [-0.3, -0.25) is 9.78 Å². The molecule has 0 aromatic carbocycles. The summed E-state index contributed by atoms with van der Waals surface area (Å²) in [6, 6.07) is 1.82. The number of hydrogen-bond donors (Lipinski definition) is 0. The van der Waals surface area contributed by atoms with Gasteiger partial charge in [0.05, 0.1) is 23.0 Å². The van der Waals surface area contributed by atoms with Crippen LogP contribution in [-0.2, 0) is 18.9 Å². The molecule has 160 valence electrons. The second-order valence-corrected chi connectivity index (χ2v) is 10.1. The van der Waals surface area contributed by atoms with Crippen molar-refractivity contribution in [3.05, 3.63) is 64.1 Å². The first kappa shape index (κ1) is 21.2. The summed E-state index contributed by atoms with van der Waals surface area (Å²) >= 11 is 1.64. The molecule has 0 amide bonds. The summed E-state index contributed by atoms with van der Waals surface area (Å²) in [4.78, 5) is 36.0. The number of carbonyl (C=O) groups excluding carboxylic acids is 1. The fourth-order valence-electron chi connectivity index (χ4n) is 3.31. The Hall–Kier alpha value is -3.00. The molecule has 0 aliphatic heterocycles. The van der Waals surface area contributed by atoms with Crippen LogP contribution in [0.5, 0.6) is 0 Å². The van der Waals surface area contributed by atoms with Crippen molar-refractivity contribution in [3.8, 4) is 0 Å². The van der Waals surface area contributed by atoms with E-state index in [1.165, 1.54) is 0 Å². The van der Waals surface area contributed by atoms with Crippen molar-refractivity contribution in [2.75, 3.05) is 0 Å². The van der Waals surface area contributed by atoms with Gasteiger partial charge in [0.2, 0.25) is 0 Å². The van der Waals surface area contributed by atoms with Crippen molar-refractivity contribution in [1.82, 2.24) is 29.5 Å². The minimum absolute atomic E-state index is 0.0247. The molecule has 4 aromatic rings. The van der Waals surface area contributed by atoms with Gasteiger partial charge in [-0.15, -0.1) is 11.3 Å². The monoisotopic (exact) mass is 434 g/mol. The fraction of sp³-hybridized carbons (Fsp3) is 0.391. The van der Waals surface area contributed by atoms with Gasteiger partial charge in [0.15, 0.2) is 5.78 Å².